The van der Waals surface area contributed by atoms with E-state index in [0.29, 0.717) is 11.8 Å². The quantitative estimate of drug-likeness (QED) is 0.926. The smallest absolute Gasteiger partial charge is 0.231 e. The number of aliphatic hydroxyl groups is 1. The minimum absolute atomic E-state index is 0.353. The van der Waals surface area contributed by atoms with Gasteiger partial charge in [-0.1, -0.05) is 12.1 Å². The van der Waals surface area contributed by atoms with Crippen LogP contribution in [0.2, 0.25) is 0 Å². The first-order chi connectivity index (χ1) is 10.6. The van der Waals surface area contributed by atoms with Crippen molar-refractivity contribution >= 4 is 0 Å². The van der Waals surface area contributed by atoms with Crippen molar-refractivity contribution in [3.63, 3.8) is 0 Å². The molecular formula is C17H27N3O2. The van der Waals surface area contributed by atoms with E-state index in [1.807, 2.05) is 0 Å². The molecule has 1 aromatic rings. The molecule has 5 nitrogen and oxygen atoms in total. The van der Waals surface area contributed by atoms with Crippen LogP contribution in [0.5, 0.6) is 0 Å². The van der Waals surface area contributed by atoms with Gasteiger partial charge in [-0.25, -0.2) is 0 Å². The summed E-state index contributed by atoms with van der Waals surface area (Å²) in [5, 5.41) is 14.9. The third-order valence-corrected chi connectivity index (χ3v) is 5.74. The summed E-state index contributed by atoms with van der Waals surface area (Å²) >= 11 is 0. The summed E-state index contributed by atoms with van der Waals surface area (Å²) in [5.41, 5.74) is -0.477. The molecule has 1 aromatic heterocycles. The maximum Gasteiger partial charge on any atom is 0.231 e. The molecule has 0 spiro atoms. The predicted molar refractivity (Wildman–Crippen MR) is 82.7 cm³/mol. The Balaban J connectivity index is 1.33. The Morgan fingerprint density at radius 1 is 1.18 bits per heavy atom. The second-order valence-corrected chi connectivity index (χ2v) is 7.89. The summed E-state index contributed by atoms with van der Waals surface area (Å²) in [4.78, 5) is 6.99. The van der Waals surface area contributed by atoms with Crippen LogP contribution in [0.15, 0.2) is 4.52 Å². The standard InChI is InChI=1S/C17H27N3O2/c1-12-4-7-17(21,8-5-12)11-20-9-6-14(10-20)16-18-15(19-22-16)13-2-3-13/h12-14,21H,2-11H2,1H3. The van der Waals surface area contributed by atoms with Gasteiger partial charge in [0.2, 0.25) is 5.89 Å². The van der Waals surface area contributed by atoms with Crippen LogP contribution in [0.3, 0.4) is 0 Å². The van der Waals surface area contributed by atoms with Crippen molar-refractivity contribution in [3.05, 3.63) is 11.7 Å². The highest BCUT2D eigenvalue weighted by Crippen LogP contribution is 2.39. The topological polar surface area (TPSA) is 62.4 Å². The Bertz CT molecular complexity index is 518. The van der Waals surface area contributed by atoms with E-state index in [1.165, 1.54) is 12.8 Å². The first-order valence-corrected chi connectivity index (χ1v) is 8.89. The number of β-amino-alcohol motifs (C(OH)–C–C–N with tert-alkyl or cyclic N) is 1. The molecule has 3 aliphatic rings. The number of rotatable bonds is 4. The van der Waals surface area contributed by atoms with Gasteiger partial charge in [-0.2, -0.15) is 4.98 Å². The molecule has 0 aromatic carbocycles. The number of hydrogen-bond donors (Lipinski definition) is 1. The molecule has 1 aliphatic heterocycles. The summed E-state index contributed by atoms with van der Waals surface area (Å²) in [5.74, 6) is 3.40. The van der Waals surface area contributed by atoms with Crippen molar-refractivity contribution in [1.82, 2.24) is 15.0 Å². The second-order valence-electron chi connectivity index (χ2n) is 7.89. The van der Waals surface area contributed by atoms with Crippen molar-refractivity contribution in [3.8, 4) is 0 Å². The van der Waals surface area contributed by atoms with Crippen LogP contribution in [0, 0.1) is 5.92 Å². The third kappa shape index (κ3) is 3.06. The summed E-state index contributed by atoms with van der Waals surface area (Å²) in [7, 11) is 0. The zero-order valence-corrected chi connectivity index (χ0v) is 13.5. The number of aromatic nitrogens is 2. The van der Waals surface area contributed by atoms with E-state index >= 15 is 0 Å². The highest BCUT2D eigenvalue weighted by atomic mass is 16.5. The molecule has 22 heavy (non-hydrogen) atoms. The Morgan fingerprint density at radius 3 is 2.68 bits per heavy atom. The van der Waals surface area contributed by atoms with Gasteiger partial charge in [0.15, 0.2) is 5.82 Å². The third-order valence-electron chi connectivity index (χ3n) is 5.74. The number of nitrogens with zero attached hydrogens (tertiary/aromatic N) is 3. The van der Waals surface area contributed by atoms with E-state index in [9.17, 15) is 5.11 Å². The maximum atomic E-state index is 10.8. The van der Waals surface area contributed by atoms with Crippen molar-refractivity contribution in [2.75, 3.05) is 19.6 Å². The van der Waals surface area contributed by atoms with Crippen molar-refractivity contribution in [2.45, 2.75) is 69.3 Å². The fourth-order valence-corrected chi connectivity index (χ4v) is 3.97. The molecule has 1 saturated heterocycles. The average molecular weight is 305 g/mol. The van der Waals surface area contributed by atoms with E-state index in [-0.39, 0.29) is 0 Å². The monoisotopic (exact) mass is 305 g/mol. The molecule has 2 aliphatic carbocycles. The average Bonchev–Trinajstić information content (AvgIpc) is 3.06. The first-order valence-electron chi connectivity index (χ1n) is 8.89. The normalized spacial score (nSPS) is 36.8. The molecule has 1 N–H and O–H groups in total. The highest BCUT2D eigenvalue weighted by molar-refractivity contribution is 5.07. The van der Waals surface area contributed by atoms with Crippen LogP contribution in [0.4, 0.5) is 0 Å². The van der Waals surface area contributed by atoms with Gasteiger partial charge in [-0.3, -0.25) is 4.90 Å². The summed E-state index contributed by atoms with van der Waals surface area (Å²) in [6.45, 7) is 5.08. The molecule has 4 rings (SSSR count). The molecule has 5 heteroatoms. The van der Waals surface area contributed by atoms with Gasteiger partial charge in [0.25, 0.3) is 0 Å². The lowest BCUT2D eigenvalue weighted by Gasteiger charge is -2.37. The Hall–Kier alpha value is -0.940. The molecular weight excluding hydrogens is 278 g/mol. The predicted octanol–water partition coefficient (Wildman–Crippen LogP) is 2.68. The van der Waals surface area contributed by atoms with Gasteiger partial charge in [-0.15, -0.1) is 0 Å². The molecule has 1 unspecified atom stereocenters. The van der Waals surface area contributed by atoms with Crippen molar-refractivity contribution in [2.24, 2.45) is 5.92 Å². The second kappa shape index (κ2) is 5.60. The van der Waals surface area contributed by atoms with Crippen molar-refractivity contribution in [1.29, 1.82) is 0 Å². The molecule has 0 amide bonds. The molecule has 0 radical (unpaired) electrons. The Labute approximate surface area is 132 Å². The van der Waals surface area contributed by atoms with E-state index in [4.69, 9.17) is 4.52 Å². The van der Waals surface area contributed by atoms with Crippen LogP contribution in [0.25, 0.3) is 0 Å². The van der Waals surface area contributed by atoms with Crippen LogP contribution < -0.4 is 0 Å². The van der Waals surface area contributed by atoms with Crippen LogP contribution in [0.1, 0.15) is 75.4 Å². The molecule has 3 fully saturated rings. The van der Waals surface area contributed by atoms with Gasteiger partial charge in [-0.05, 0) is 57.4 Å². The van der Waals surface area contributed by atoms with Gasteiger partial charge >= 0.3 is 0 Å². The highest BCUT2D eigenvalue weighted by Gasteiger charge is 2.37. The van der Waals surface area contributed by atoms with E-state index in [0.717, 1.165) is 69.4 Å². The van der Waals surface area contributed by atoms with Crippen LogP contribution in [-0.4, -0.2) is 45.4 Å². The SMILES string of the molecule is CC1CCC(O)(CN2CCC(c3nc(C4CC4)no3)C2)CC1. The van der Waals surface area contributed by atoms with Gasteiger partial charge < -0.3 is 9.63 Å². The summed E-state index contributed by atoms with van der Waals surface area (Å²) < 4.78 is 5.48. The van der Waals surface area contributed by atoms with Crippen molar-refractivity contribution < 1.29 is 9.63 Å². The Kier molecular flexibility index (Phi) is 3.73. The first kappa shape index (κ1) is 14.6. The van der Waals surface area contributed by atoms with Gasteiger partial charge in [0.05, 0.1) is 11.5 Å². The zero-order valence-electron chi connectivity index (χ0n) is 13.5. The Morgan fingerprint density at radius 2 is 1.95 bits per heavy atom. The fraction of sp³-hybridized carbons (Fsp3) is 0.882. The lowest BCUT2D eigenvalue weighted by molar-refractivity contribution is -0.0309. The van der Waals surface area contributed by atoms with Gasteiger partial charge in [0, 0.05) is 19.0 Å². The lowest BCUT2D eigenvalue weighted by Crippen LogP contribution is -2.44. The minimum atomic E-state index is -0.477. The largest absolute Gasteiger partial charge is 0.389 e. The minimum Gasteiger partial charge on any atom is -0.389 e. The molecule has 0 bridgehead atoms. The zero-order chi connectivity index (χ0) is 15.2. The number of hydrogen-bond acceptors (Lipinski definition) is 5. The molecule has 1 atom stereocenters. The van der Waals surface area contributed by atoms with E-state index < -0.39 is 5.60 Å². The molecule has 122 valence electrons. The van der Waals surface area contributed by atoms with E-state index in [2.05, 4.69) is 22.0 Å². The lowest BCUT2D eigenvalue weighted by atomic mass is 9.79. The van der Waals surface area contributed by atoms with Gasteiger partial charge in [0.1, 0.15) is 0 Å². The fourth-order valence-electron chi connectivity index (χ4n) is 3.97. The van der Waals surface area contributed by atoms with E-state index in [1.54, 1.807) is 0 Å². The van der Waals surface area contributed by atoms with Crippen LogP contribution in [-0.2, 0) is 0 Å². The summed E-state index contributed by atoms with van der Waals surface area (Å²) in [6, 6.07) is 0. The molecule has 2 saturated carbocycles. The summed E-state index contributed by atoms with van der Waals surface area (Å²) in [6.07, 6.45) is 7.69. The van der Waals surface area contributed by atoms with Crippen LogP contribution >= 0.6 is 0 Å². The molecule has 2 heterocycles. The number of likely N-dealkylation sites (tertiary alicyclic amines) is 1. The maximum absolute atomic E-state index is 10.8.